The molecule has 0 aliphatic heterocycles. The van der Waals surface area contributed by atoms with Crippen LogP contribution in [-0.4, -0.2) is 10.1 Å². The Bertz CT molecular complexity index is 292. The third-order valence-corrected chi connectivity index (χ3v) is 2.34. The second-order valence-corrected chi connectivity index (χ2v) is 3.46. The molecule has 12 heavy (non-hydrogen) atoms. The van der Waals surface area contributed by atoms with Crippen molar-refractivity contribution in [1.29, 1.82) is 0 Å². The molecule has 2 nitrogen and oxygen atoms in total. The molecule has 1 heterocycles. The number of hydrogen-bond acceptors (Lipinski definition) is 3. The molecule has 1 N–H and O–H groups in total. The summed E-state index contributed by atoms with van der Waals surface area (Å²) in [6.45, 7) is 3.61. The minimum Gasteiger partial charge on any atom is -0.371 e. The lowest BCUT2D eigenvalue weighted by atomic mass is 10.1. The first-order chi connectivity index (χ1) is 5.67. The van der Waals surface area contributed by atoms with Gasteiger partial charge in [0.25, 0.3) is 0 Å². The van der Waals surface area contributed by atoms with Crippen molar-refractivity contribution >= 4 is 11.3 Å². The molecule has 0 bridgehead atoms. The van der Waals surface area contributed by atoms with Crippen molar-refractivity contribution in [3.8, 4) is 11.8 Å². The summed E-state index contributed by atoms with van der Waals surface area (Å²) in [5.41, 5.74) is -1.08. The van der Waals surface area contributed by atoms with E-state index in [0.29, 0.717) is 5.01 Å². The highest BCUT2D eigenvalue weighted by atomic mass is 32.1. The van der Waals surface area contributed by atoms with Crippen molar-refractivity contribution in [3.63, 3.8) is 0 Å². The largest absolute Gasteiger partial charge is 0.371 e. The van der Waals surface area contributed by atoms with Crippen LogP contribution in [0.25, 0.3) is 0 Å². The zero-order chi connectivity index (χ0) is 9.03. The van der Waals surface area contributed by atoms with Crippen molar-refractivity contribution in [2.24, 2.45) is 0 Å². The summed E-state index contributed by atoms with van der Waals surface area (Å²) in [6, 6.07) is 0. The topological polar surface area (TPSA) is 33.1 Å². The Kier molecular flexibility index (Phi) is 2.85. The van der Waals surface area contributed by atoms with Crippen LogP contribution in [-0.2, 0) is 5.60 Å². The lowest BCUT2D eigenvalue weighted by Gasteiger charge is -2.11. The highest BCUT2D eigenvalue weighted by molar-refractivity contribution is 7.09. The molecular weight excluding hydrogens is 170 g/mol. The summed E-state index contributed by atoms with van der Waals surface area (Å²) >= 11 is 1.42. The first-order valence-electron chi connectivity index (χ1n) is 3.79. The smallest absolute Gasteiger partial charge is 0.174 e. The summed E-state index contributed by atoms with van der Waals surface area (Å²) in [5, 5.41) is 12.3. The van der Waals surface area contributed by atoms with Crippen molar-refractivity contribution in [2.45, 2.75) is 25.9 Å². The average molecular weight is 181 g/mol. The molecule has 0 saturated carbocycles. The number of aromatic nitrogens is 1. The maximum absolute atomic E-state index is 9.78. The van der Waals surface area contributed by atoms with Crippen molar-refractivity contribution in [3.05, 3.63) is 16.6 Å². The fourth-order valence-corrected chi connectivity index (χ4v) is 1.43. The third kappa shape index (κ3) is 2.07. The van der Waals surface area contributed by atoms with Gasteiger partial charge in [-0.05, 0) is 6.92 Å². The standard InChI is InChI=1S/C9H11NOS/c1-3-4-5-9(2,11)8-10-6-7-12-8/h6-7,11H,3H2,1-2H3. The predicted octanol–water partition coefficient (Wildman–Crippen LogP) is 1.76. The summed E-state index contributed by atoms with van der Waals surface area (Å²) in [7, 11) is 0. The van der Waals surface area contributed by atoms with Gasteiger partial charge in [0.15, 0.2) is 5.60 Å². The lowest BCUT2D eigenvalue weighted by molar-refractivity contribution is 0.121. The fraction of sp³-hybridized carbons (Fsp3) is 0.444. The minimum atomic E-state index is -1.08. The van der Waals surface area contributed by atoms with Gasteiger partial charge < -0.3 is 5.11 Å². The molecule has 1 aromatic rings. The minimum absolute atomic E-state index is 0.656. The molecule has 64 valence electrons. The van der Waals surface area contributed by atoms with Crippen LogP contribution in [0.3, 0.4) is 0 Å². The fourth-order valence-electron chi connectivity index (χ4n) is 0.778. The Balaban J connectivity index is 2.86. The summed E-state index contributed by atoms with van der Waals surface area (Å²) in [4.78, 5) is 4.01. The molecule has 1 rings (SSSR count). The highest BCUT2D eigenvalue weighted by Gasteiger charge is 2.22. The Morgan fingerprint density at radius 1 is 1.75 bits per heavy atom. The van der Waals surface area contributed by atoms with Gasteiger partial charge in [-0.1, -0.05) is 12.8 Å². The zero-order valence-corrected chi connectivity index (χ0v) is 7.98. The molecule has 3 heteroatoms. The average Bonchev–Trinajstić information content (AvgIpc) is 2.53. The van der Waals surface area contributed by atoms with Gasteiger partial charge in [0.1, 0.15) is 5.01 Å². The van der Waals surface area contributed by atoms with E-state index in [4.69, 9.17) is 0 Å². The molecule has 0 aliphatic rings. The van der Waals surface area contributed by atoms with Crippen LogP contribution in [0.15, 0.2) is 11.6 Å². The maximum atomic E-state index is 9.78. The molecule has 1 aromatic heterocycles. The van der Waals surface area contributed by atoms with Gasteiger partial charge >= 0.3 is 0 Å². The molecule has 0 spiro atoms. The number of nitrogens with zero attached hydrogens (tertiary/aromatic N) is 1. The number of thiazole rings is 1. The third-order valence-electron chi connectivity index (χ3n) is 1.36. The summed E-state index contributed by atoms with van der Waals surface area (Å²) < 4.78 is 0. The van der Waals surface area contributed by atoms with Crippen LogP contribution in [0.1, 0.15) is 25.3 Å². The van der Waals surface area contributed by atoms with E-state index in [1.165, 1.54) is 11.3 Å². The van der Waals surface area contributed by atoms with Crippen LogP contribution in [0, 0.1) is 11.8 Å². The first kappa shape index (κ1) is 9.24. The van der Waals surface area contributed by atoms with E-state index in [2.05, 4.69) is 16.8 Å². The van der Waals surface area contributed by atoms with Gasteiger partial charge in [0.2, 0.25) is 0 Å². The second kappa shape index (κ2) is 3.70. The Labute approximate surface area is 76.3 Å². The van der Waals surface area contributed by atoms with Gasteiger partial charge in [-0.25, -0.2) is 4.98 Å². The normalized spacial score (nSPS) is 14.6. The highest BCUT2D eigenvalue weighted by Crippen LogP contribution is 2.21. The van der Waals surface area contributed by atoms with Crippen molar-refractivity contribution in [1.82, 2.24) is 4.98 Å². The predicted molar refractivity (Wildman–Crippen MR) is 49.8 cm³/mol. The van der Waals surface area contributed by atoms with Gasteiger partial charge in [-0.15, -0.1) is 17.3 Å². The van der Waals surface area contributed by atoms with Gasteiger partial charge in [0.05, 0.1) is 0 Å². The van der Waals surface area contributed by atoms with Crippen LogP contribution in [0.2, 0.25) is 0 Å². The zero-order valence-electron chi connectivity index (χ0n) is 7.16. The molecule has 0 fully saturated rings. The van der Waals surface area contributed by atoms with E-state index in [9.17, 15) is 5.11 Å². The molecule has 0 amide bonds. The molecule has 1 unspecified atom stereocenters. The summed E-state index contributed by atoms with van der Waals surface area (Å²) in [5.74, 6) is 5.61. The van der Waals surface area contributed by atoms with E-state index in [1.807, 2.05) is 12.3 Å². The number of hydrogen-bond donors (Lipinski definition) is 1. The molecular formula is C9H11NOS. The van der Waals surface area contributed by atoms with E-state index in [-0.39, 0.29) is 0 Å². The Morgan fingerprint density at radius 2 is 2.50 bits per heavy atom. The lowest BCUT2D eigenvalue weighted by Crippen LogP contribution is -2.17. The second-order valence-electron chi connectivity index (χ2n) is 2.56. The van der Waals surface area contributed by atoms with Crippen molar-refractivity contribution < 1.29 is 5.11 Å². The van der Waals surface area contributed by atoms with Crippen LogP contribution >= 0.6 is 11.3 Å². The van der Waals surface area contributed by atoms with E-state index in [1.54, 1.807) is 13.1 Å². The van der Waals surface area contributed by atoms with E-state index < -0.39 is 5.60 Å². The first-order valence-corrected chi connectivity index (χ1v) is 4.67. The van der Waals surface area contributed by atoms with Crippen LogP contribution < -0.4 is 0 Å². The Hall–Kier alpha value is -0.850. The van der Waals surface area contributed by atoms with Crippen LogP contribution in [0.5, 0.6) is 0 Å². The van der Waals surface area contributed by atoms with Crippen LogP contribution in [0.4, 0.5) is 0 Å². The molecule has 1 atom stereocenters. The number of aliphatic hydroxyl groups is 1. The maximum Gasteiger partial charge on any atom is 0.174 e. The molecule has 0 aliphatic carbocycles. The summed E-state index contributed by atoms with van der Waals surface area (Å²) in [6.07, 6.45) is 2.42. The SMILES string of the molecule is CCC#CC(C)(O)c1nccs1. The van der Waals surface area contributed by atoms with E-state index in [0.717, 1.165) is 6.42 Å². The van der Waals surface area contributed by atoms with Gasteiger partial charge in [-0.2, -0.15) is 0 Å². The van der Waals surface area contributed by atoms with E-state index >= 15 is 0 Å². The molecule has 0 saturated heterocycles. The Morgan fingerprint density at radius 3 is 3.00 bits per heavy atom. The molecule has 0 aromatic carbocycles. The van der Waals surface area contributed by atoms with Crippen molar-refractivity contribution in [2.75, 3.05) is 0 Å². The van der Waals surface area contributed by atoms with Gasteiger partial charge in [0, 0.05) is 18.0 Å². The number of rotatable bonds is 1. The molecule has 0 radical (unpaired) electrons. The van der Waals surface area contributed by atoms with Gasteiger partial charge in [-0.3, -0.25) is 0 Å². The quantitative estimate of drug-likeness (QED) is 0.670. The monoisotopic (exact) mass is 181 g/mol.